The van der Waals surface area contributed by atoms with Crippen LogP contribution in [0.2, 0.25) is 0 Å². The zero-order valence-corrected chi connectivity index (χ0v) is 8.66. The van der Waals surface area contributed by atoms with Crippen LogP contribution in [-0.4, -0.2) is 0 Å². The van der Waals surface area contributed by atoms with Crippen molar-refractivity contribution < 1.29 is 0 Å². The van der Waals surface area contributed by atoms with Crippen molar-refractivity contribution in [1.29, 1.82) is 0 Å². The van der Waals surface area contributed by atoms with Crippen LogP contribution in [0.5, 0.6) is 0 Å². The van der Waals surface area contributed by atoms with Crippen LogP contribution in [-0.2, 0) is 6.42 Å². The molecule has 0 aromatic heterocycles. The van der Waals surface area contributed by atoms with Gasteiger partial charge >= 0.3 is 0 Å². The lowest BCUT2D eigenvalue weighted by molar-refractivity contribution is 0.869. The number of hydrogen-bond acceptors (Lipinski definition) is 0. The second-order valence-electron chi connectivity index (χ2n) is 4.00. The Kier molecular flexibility index (Phi) is 2.83. The van der Waals surface area contributed by atoms with Crippen molar-refractivity contribution in [2.45, 2.75) is 26.2 Å². The summed E-state index contributed by atoms with van der Waals surface area (Å²) < 4.78 is 0. The first-order valence-electron chi connectivity index (χ1n) is 5.24. The van der Waals surface area contributed by atoms with Crippen LogP contribution in [0.4, 0.5) is 0 Å². The Morgan fingerprint density at radius 1 is 1.00 bits per heavy atom. The van der Waals surface area contributed by atoms with E-state index in [1.54, 1.807) is 5.57 Å². The van der Waals surface area contributed by atoms with Gasteiger partial charge in [-0.2, -0.15) is 0 Å². The molecule has 0 saturated heterocycles. The second-order valence-corrected chi connectivity index (χ2v) is 4.00. The molecule has 0 unspecified atom stereocenters. The van der Waals surface area contributed by atoms with Gasteiger partial charge in [0.1, 0.15) is 0 Å². The van der Waals surface area contributed by atoms with Crippen molar-refractivity contribution >= 4 is 0 Å². The fourth-order valence-corrected chi connectivity index (χ4v) is 1.79. The first-order valence-corrected chi connectivity index (χ1v) is 5.24. The van der Waals surface area contributed by atoms with Gasteiger partial charge in [0.25, 0.3) is 0 Å². The van der Waals surface area contributed by atoms with Crippen molar-refractivity contribution in [3.63, 3.8) is 0 Å². The first kappa shape index (κ1) is 9.26. The second kappa shape index (κ2) is 4.28. The van der Waals surface area contributed by atoms with Crippen LogP contribution >= 0.6 is 0 Å². The van der Waals surface area contributed by atoms with E-state index in [0.29, 0.717) is 0 Å². The minimum Gasteiger partial charge on any atom is -0.0730 e. The third kappa shape index (κ3) is 2.35. The van der Waals surface area contributed by atoms with Gasteiger partial charge in [-0.3, -0.25) is 0 Å². The minimum absolute atomic E-state index is 1.12. The van der Waals surface area contributed by atoms with Gasteiger partial charge in [-0.1, -0.05) is 53.6 Å². The van der Waals surface area contributed by atoms with Crippen LogP contribution in [0, 0.1) is 0 Å². The molecule has 0 aliphatic heterocycles. The van der Waals surface area contributed by atoms with E-state index in [0.717, 1.165) is 6.42 Å². The highest BCUT2D eigenvalue weighted by molar-refractivity contribution is 5.28. The largest absolute Gasteiger partial charge is 0.0730 e. The fourth-order valence-electron chi connectivity index (χ4n) is 1.79. The lowest BCUT2D eigenvalue weighted by Gasteiger charge is -2.11. The van der Waals surface area contributed by atoms with Crippen LogP contribution in [0.25, 0.3) is 0 Å². The molecule has 0 atom stereocenters. The van der Waals surface area contributed by atoms with E-state index < -0.39 is 0 Å². The van der Waals surface area contributed by atoms with Crippen LogP contribution < -0.4 is 0 Å². The van der Waals surface area contributed by atoms with Gasteiger partial charge in [0.15, 0.2) is 0 Å². The summed E-state index contributed by atoms with van der Waals surface area (Å²) in [5, 5.41) is 0. The van der Waals surface area contributed by atoms with Crippen molar-refractivity contribution in [2.75, 3.05) is 0 Å². The summed E-state index contributed by atoms with van der Waals surface area (Å²) in [5.74, 6) is 0. The van der Waals surface area contributed by atoms with Crippen LogP contribution in [0.3, 0.4) is 0 Å². The molecule has 72 valence electrons. The van der Waals surface area contributed by atoms with Gasteiger partial charge < -0.3 is 0 Å². The third-order valence-corrected chi connectivity index (χ3v) is 2.72. The fraction of sp³-hybridized carbons (Fsp3) is 0.286. The highest BCUT2D eigenvalue weighted by Gasteiger charge is 2.03. The molecule has 0 heterocycles. The van der Waals surface area contributed by atoms with Gasteiger partial charge in [-0.15, -0.1) is 0 Å². The molecule has 2 rings (SSSR count). The number of rotatable bonds is 2. The Labute approximate surface area is 86.0 Å². The van der Waals surface area contributed by atoms with Crippen molar-refractivity contribution in [1.82, 2.24) is 0 Å². The average molecular weight is 184 g/mol. The van der Waals surface area contributed by atoms with Crippen molar-refractivity contribution in [3.8, 4) is 0 Å². The van der Waals surface area contributed by atoms with E-state index in [4.69, 9.17) is 0 Å². The lowest BCUT2D eigenvalue weighted by Crippen LogP contribution is -1.95. The monoisotopic (exact) mass is 184 g/mol. The Morgan fingerprint density at radius 2 is 1.79 bits per heavy atom. The van der Waals surface area contributed by atoms with Gasteiger partial charge in [-0.05, 0) is 31.7 Å². The summed E-state index contributed by atoms with van der Waals surface area (Å²) >= 11 is 0. The highest BCUT2D eigenvalue weighted by atomic mass is 14.1. The van der Waals surface area contributed by atoms with Gasteiger partial charge in [0.05, 0.1) is 0 Å². The van der Waals surface area contributed by atoms with E-state index in [1.807, 2.05) is 0 Å². The standard InChI is InChI=1S/C14H16/c1-12-7-9-14(10-8-12)11-13-5-3-2-4-6-13/h2-7,9H,8,10-11H2,1H3. The van der Waals surface area contributed by atoms with Crippen molar-refractivity contribution in [2.24, 2.45) is 0 Å². The number of benzene rings is 1. The number of allylic oxidation sites excluding steroid dienone is 4. The molecule has 1 aliphatic carbocycles. The third-order valence-electron chi connectivity index (χ3n) is 2.72. The summed E-state index contributed by atoms with van der Waals surface area (Å²) in [5.41, 5.74) is 4.48. The highest BCUT2D eigenvalue weighted by Crippen LogP contribution is 2.20. The summed E-state index contributed by atoms with van der Waals surface area (Å²) in [4.78, 5) is 0. The van der Waals surface area contributed by atoms with Gasteiger partial charge in [0, 0.05) is 0 Å². The molecule has 0 heteroatoms. The predicted molar refractivity (Wildman–Crippen MR) is 61.2 cm³/mol. The molecule has 1 aromatic rings. The van der Waals surface area contributed by atoms with Crippen molar-refractivity contribution in [3.05, 3.63) is 59.2 Å². The smallest absolute Gasteiger partial charge is 0.00639 e. The predicted octanol–water partition coefficient (Wildman–Crippen LogP) is 3.90. The molecule has 0 amide bonds. The molecular formula is C14H16. The molecule has 0 nitrogen and oxygen atoms in total. The molecule has 0 radical (unpaired) electrons. The van der Waals surface area contributed by atoms with Gasteiger partial charge in [-0.25, -0.2) is 0 Å². The van der Waals surface area contributed by atoms with Crippen LogP contribution in [0.1, 0.15) is 25.3 Å². The Morgan fingerprint density at radius 3 is 2.43 bits per heavy atom. The van der Waals surface area contributed by atoms with Crippen LogP contribution in [0.15, 0.2) is 53.6 Å². The Bertz CT molecular complexity index is 355. The molecular weight excluding hydrogens is 168 g/mol. The maximum atomic E-state index is 2.28. The lowest BCUT2D eigenvalue weighted by atomic mass is 9.94. The Hall–Kier alpha value is -1.30. The van der Waals surface area contributed by atoms with E-state index in [2.05, 4.69) is 49.4 Å². The van der Waals surface area contributed by atoms with E-state index in [-0.39, 0.29) is 0 Å². The molecule has 0 spiro atoms. The SMILES string of the molecule is CC1=CC=C(Cc2ccccc2)CC1. The minimum atomic E-state index is 1.12. The maximum absolute atomic E-state index is 2.28. The molecule has 1 aromatic carbocycles. The first-order chi connectivity index (χ1) is 6.84. The van der Waals surface area contributed by atoms with E-state index >= 15 is 0 Å². The Balaban J connectivity index is 2.06. The molecule has 0 fully saturated rings. The molecule has 0 N–H and O–H groups in total. The molecule has 0 saturated carbocycles. The zero-order chi connectivity index (χ0) is 9.80. The normalized spacial score (nSPS) is 16.1. The quantitative estimate of drug-likeness (QED) is 0.654. The maximum Gasteiger partial charge on any atom is -0.00639 e. The summed E-state index contributed by atoms with van der Waals surface area (Å²) in [6.45, 7) is 2.20. The summed E-state index contributed by atoms with van der Waals surface area (Å²) in [7, 11) is 0. The number of hydrogen-bond donors (Lipinski definition) is 0. The zero-order valence-electron chi connectivity index (χ0n) is 8.66. The molecule has 0 bridgehead atoms. The summed E-state index contributed by atoms with van der Waals surface area (Å²) in [6.07, 6.45) is 8.12. The van der Waals surface area contributed by atoms with Gasteiger partial charge in [0.2, 0.25) is 0 Å². The molecule has 14 heavy (non-hydrogen) atoms. The topological polar surface area (TPSA) is 0 Å². The average Bonchev–Trinajstić information content (AvgIpc) is 2.23. The summed E-state index contributed by atoms with van der Waals surface area (Å²) in [6, 6.07) is 10.7. The van der Waals surface area contributed by atoms with E-state index in [1.165, 1.54) is 24.0 Å². The van der Waals surface area contributed by atoms with E-state index in [9.17, 15) is 0 Å². The molecule has 1 aliphatic rings.